The Bertz CT molecular complexity index is 1250. The Balaban J connectivity index is 1.25. The van der Waals surface area contributed by atoms with Crippen LogP contribution < -0.4 is 11.1 Å². The van der Waals surface area contributed by atoms with E-state index in [0.717, 1.165) is 78.1 Å². The van der Waals surface area contributed by atoms with Crippen LogP contribution in [-0.4, -0.2) is 40.8 Å². The molecule has 6 nitrogen and oxygen atoms in total. The second-order valence-corrected chi connectivity index (χ2v) is 10.2. The molecule has 1 aliphatic heterocycles. The van der Waals surface area contributed by atoms with Gasteiger partial charge in [-0.05, 0) is 80.7 Å². The number of hydrogen-bond acceptors (Lipinski definition) is 4. The Labute approximate surface area is 210 Å². The molecule has 2 aliphatic rings. The number of halogens is 1. The van der Waals surface area contributed by atoms with E-state index < -0.39 is 5.91 Å². The van der Waals surface area contributed by atoms with Gasteiger partial charge in [0, 0.05) is 40.0 Å². The van der Waals surface area contributed by atoms with Crippen molar-refractivity contribution in [3.8, 4) is 11.3 Å². The van der Waals surface area contributed by atoms with E-state index in [2.05, 4.69) is 16.3 Å². The van der Waals surface area contributed by atoms with Crippen LogP contribution in [0.5, 0.6) is 0 Å². The SMILES string of the molecule is NC(=O)c1ccc2nc(-c3ccc(Cl)c(CN4CCC(C(=O)NC5CCCC5)CC4)c3)ccc2c1. The number of likely N-dealkylation sites (tertiary alicyclic amines) is 1. The van der Waals surface area contributed by atoms with Crippen molar-refractivity contribution in [3.63, 3.8) is 0 Å². The molecule has 0 radical (unpaired) electrons. The van der Waals surface area contributed by atoms with Gasteiger partial charge in [-0.2, -0.15) is 0 Å². The van der Waals surface area contributed by atoms with E-state index in [-0.39, 0.29) is 11.8 Å². The predicted molar refractivity (Wildman–Crippen MR) is 139 cm³/mol. The summed E-state index contributed by atoms with van der Waals surface area (Å²) in [6.07, 6.45) is 6.48. The van der Waals surface area contributed by atoms with Crippen molar-refractivity contribution in [2.24, 2.45) is 11.7 Å². The molecule has 0 atom stereocenters. The summed E-state index contributed by atoms with van der Waals surface area (Å²) in [7, 11) is 0. The normalized spacial score (nSPS) is 17.6. The van der Waals surface area contributed by atoms with Crippen molar-refractivity contribution in [2.75, 3.05) is 13.1 Å². The van der Waals surface area contributed by atoms with Gasteiger partial charge < -0.3 is 11.1 Å². The summed E-state index contributed by atoms with van der Waals surface area (Å²) in [6, 6.07) is 15.6. The van der Waals surface area contributed by atoms with Crippen LogP contribution >= 0.6 is 11.6 Å². The molecule has 7 heteroatoms. The highest BCUT2D eigenvalue weighted by Gasteiger charge is 2.27. The highest BCUT2D eigenvalue weighted by Crippen LogP contribution is 2.29. The number of nitrogens with one attached hydrogen (secondary N) is 1. The lowest BCUT2D eigenvalue weighted by Gasteiger charge is -2.32. The van der Waals surface area contributed by atoms with Crippen LogP contribution in [0, 0.1) is 5.92 Å². The maximum Gasteiger partial charge on any atom is 0.248 e. The molecular weight excluding hydrogens is 460 g/mol. The number of nitrogens with zero attached hydrogens (tertiary/aromatic N) is 2. The molecule has 2 amide bonds. The molecule has 35 heavy (non-hydrogen) atoms. The topological polar surface area (TPSA) is 88.3 Å². The van der Waals surface area contributed by atoms with Gasteiger partial charge in [0.2, 0.25) is 11.8 Å². The fraction of sp³-hybridized carbons (Fsp3) is 0.393. The van der Waals surface area contributed by atoms with Crippen LogP contribution in [-0.2, 0) is 11.3 Å². The lowest BCUT2D eigenvalue weighted by molar-refractivity contribution is -0.127. The van der Waals surface area contributed by atoms with E-state index in [1.54, 1.807) is 12.1 Å². The number of primary amides is 1. The number of aromatic nitrogens is 1. The predicted octanol–water partition coefficient (Wildman–Crippen LogP) is 4.92. The first-order valence-electron chi connectivity index (χ1n) is 12.5. The van der Waals surface area contributed by atoms with Crippen molar-refractivity contribution >= 4 is 34.3 Å². The number of piperidine rings is 1. The maximum atomic E-state index is 12.6. The first-order valence-corrected chi connectivity index (χ1v) is 12.9. The van der Waals surface area contributed by atoms with E-state index in [9.17, 15) is 9.59 Å². The molecule has 5 rings (SSSR count). The second-order valence-electron chi connectivity index (χ2n) is 9.81. The molecule has 0 spiro atoms. The Hall–Kier alpha value is -2.96. The molecule has 2 aromatic carbocycles. The molecule has 3 N–H and O–H groups in total. The summed E-state index contributed by atoms with van der Waals surface area (Å²) in [6.45, 7) is 2.53. The molecule has 3 aromatic rings. The summed E-state index contributed by atoms with van der Waals surface area (Å²) in [5.41, 5.74) is 9.58. The summed E-state index contributed by atoms with van der Waals surface area (Å²) in [5.74, 6) is -0.0933. The molecule has 1 aliphatic carbocycles. The van der Waals surface area contributed by atoms with Crippen molar-refractivity contribution < 1.29 is 9.59 Å². The molecule has 1 saturated carbocycles. The average Bonchev–Trinajstić information content (AvgIpc) is 3.38. The van der Waals surface area contributed by atoms with Gasteiger partial charge in [-0.1, -0.05) is 36.6 Å². The molecule has 182 valence electrons. The van der Waals surface area contributed by atoms with Gasteiger partial charge in [0.15, 0.2) is 0 Å². The van der Waals surface area contributed by atoms with E-state index in [1.165, 1.54) is 12.8 Å². The van der Waals surface area contributed by atoms with Crippen molar-refractivity contribution in [1.82, 2.24) is 15.2 Å². The summed E-state index contributed by atoms with van der Waals surface area (Å²) >= 11 is 6.56. The largest absolute Gasteiger partial charge is 0.366 e. The molecule has 2 fully saturated rings. The van der Waals surface area contributed by atoms with E-state index >= 15 is 0 Å². The maximum absolute atomic E-state index is 12.6. The number of hydrogen-bond donors (Lipinski definition) is 2. The van der Waals surface area contributed by atoms with Crippen LogP contribution in [0.25, 0.3) is 22.2 Å². The number of pyridine rings is 1. The van der Waals surface area contributed by atoms with E-state index in [1.807, 2.05) is 30.3 Å². The summed E-state index contributed by atoms with van der Waals surface area (Å²) < 4.78 is 0. The fourth-order valence-corrected chi connectivity index (χ4v) is 5.46. The number of carbonyl (C=O) groups is 2. The van der Waals surface area contributed by atoms with Gasteiger partial charge in [-0.25, -0.2) is 4.98 Å². The molecular formula is C28H31ClN4O2. The van der Waals surface area contributed by atoms with Crippen molar-refractivity contribution in [3.05, 3.63) is 64.7 Å². The van der Waals surface area contributed by atoms with Gasteiger partial charge in [-0.15, -0.1) is 0 Å². The van der Waals surface area contributed by atoms with Crippen LogP contribution in [0.1, 0.15) is 54.4 Å². The summed E-state index contributed by atoms with van der Waals surface area (Å²) in [5, 5.41) is 4.87. The van der Waals surface area contributed by atoms with Crippen LogP contribution in [0.4, 0.5) is 0 Å². The third-order valence-electron chi connectivity index (χ3n) is 7.37. The Kier molecular flexibility index (Phi) is 7.02. The monoisotopic (exact) mass is 490 g/mol. The summed E-state index contributed by atoms with van der Waals surface area (Å²) in [4.78, 5) is 31.3. The fourth-order valence-electron chi connectivity index (χ4n) is 5.28. The lowest BCUT2D eigenvalue weighted by atomic mass is 9.95. The van der Waals surface area contributed by atoms with Crippen LogP contribution in [0.3, 0.4) is 0 Å². The van der Waals surface area contributed by atoms with Gasteiger partial charge in [-0.3, -0.25) is 14.5 Å². The number of amides is 2. The molecule has 0 bridgehead atoms. The average molecular weight is 491 g/mol. The number of fused-ring (bicyclic) bond motifs is 1. The van der Waals surface area contributed by atoms with E-state index in [0.29, 0.717) is 11.6 Å². The Morgan fingerprint density at radius 3 is 2.51 bits per heavy atom. The van der Waals surface area contributed by atoms with Gasteiger partial charge in [0.25, 0.3) is 0 Å². The van der Waals surface area contributed by atoms with Gasteiger partial charge >= 0.3 is 0 Å². The highest BCUT2D eigenvalue weighted by molar-refractivity contribution is 6.31. The third kappa shape index (κ3) is 5.49. The zero-order valence-corrected chi connectivity index (χ0v) is 20.6. The smallest absolute Gasteiger partial charge is 0.248 e. The zero-order valence-electron chi connectivity index (χ0n) is 19.8. The number of benzene rings is 2. The number of rotatable bonds is 6. The minimum absolute atomic E-state index is 0.116. The third-order valence-corrected chi connectivity index (χ3v) is 7.74. The number of nitrogens with two attached hydrogens (primary N) is 1. The first kappa shape index (κ1) is 23.8. The van der Waals surface area contributed by atoms with E-state index in [4.69, 9.17) is 22.3 Å². The minimum atomic E-state index is -0.447. The molecule has 0 unspecified atom stereocenters. The molecule has 1 saturated heterocycles. The van der Waals surface area contributed by atoms with Crippen LogP contribution in [0.2, 0.25) is 5.02 Å². The second kappa shape index (κ2) is 10.3. The minimum Gasteiger partial charge on any atom is -0.366 e. The Morgan fingerprint density at radius 2 is 1.77 bits per heavy atom. The van der Waals surface area contributed by atoms with Crippen molar-refractivity contribution in [2.45, 2.75) is 51.1 Å². The highest BCUT2D eigenvalue weighted by atomic mass is 35.5. The standard InChI is InChI=1S/C28H31ClN4O2/c29-24-8-5-19(25-9-6-20-15-21(27(30)34)7-10-26(20)32-25)16-22(24)17-33-13-11-18(12-14-33)28(35)31-23-3-1-2-4-23/h5-10,15-16,18,23H,1-4,11-14,17H2,(H2,30,34)(H,31,35). The van der Waals surface area contributed by atoms with Gasteiger partial charge in [0.1, 0.15) is 0 Å². The zero-order chi connectivity index (χ0) is 24.4. The lowest BCUT2D eigenvalue weighted by Crippen LogP contribution is -2.43. The first-order chi connectivity index (χ1) is 17.0. The molecule has 1 aromatic heterocycles. The van der Waals surface area contributed by atoms with Gasteiger partial charge in [0.05, 0.1) is 11.2 Å². The molecule has 2 heterocycles. The van der Waals surface area contributed by atoms with Crippen LogP contribution in [0.15, 0.2) is 48.5 Å². The van der Waals surface area contributed by atoms with Crippen molar-refractivity contribution in [1.29, 1.82) is 0 Å². The Morgan fingerprint density at radius 1 is 1.00 bits per heavy atom. The number of carbonyl (C=O) groups excluding carboxylic acids is 2. The quantitative estimate of drug-likeness (QED) is 0.513.